The second-order valence-corrected chi connectivity index (χ2v) is 11.1. The molecule has 0 saturated heterocycles. The molecule has 0 radical (unpaired) electrons. The Morgan fingerprint density at radius 3 is 2.41 bits per heavy atom. The van der Waals surface area contributed by atoms with Gasteiger partial charge in [0.15, 0.2) is 22.9 Å². The average Bonchev–Trinajstić information content (AvgIpc) is 3.37. The van der Waals surface area contributed by atoms with E-state index in [1.165, 1.54) is 23.0 Å². The molecule has 4 aromatic rings. The summed E-state index contributed by atoms with van der Waals surface area (Å²) in [5, 5.41) is 0. The van der Waals surface area contributed by atoms with Gasteiger partial charge in [-0.2, -0.15) is 0 Å². The smallest absolute Gasteiger partial charge is 0.343 e. The minimum atomic E-state index is -0.865. The van der Waals surface area contributed by atoms with Crippen LogP contribution in [0.2, 0.25) is 0 Å². The number of fused-ring (bicyclic) bond motifs is 1. The lowest BCUT2D eigenvalue weighted by molar-refractivity contribution is -0.143. The highest BCUT2D eigenvalue weighted by Crippen LogP contribution is 2.36. The van der Waals surface area contributed by atoms with Crippen LogP contribution in [0.25, 0.3) is 6.08 Å². The topological polar surface area (TPSA) is 115 Å². The molecule has 0 amide bonds. The summed E-state index contributed by atoms with van der Waals surface area (Å²) in [4.78, 5) is 44.3. The van der Waals surface area contributed by atoms with Gasteiger partial charge in [0.2, 0.25) is 0 Å². The number of esters is 2. The number of benzene rings is 3. The molecule has 1 aliphatic rings. The Labute approximate surface area is 269 Å². The number of thiazole rings is 1. The normalized spacial score (nSPS) is 14.3. The maximum absolute atomic E-state index is 14.2. The summed E-state index contributed by atoms with van der Waals surface area (Å²) in [5.41, 5.74) is 2.67. The zero-order valence-corrected chi connectivity index (χ0v) is 26.8. The summed E-state index contributed by atoms with van der Waals surface area (Å²) >= 11 is 1.22. The lowest BCUT2D eigenvalue weighted by atomic mass is 9.95. The summed E-state index contributed by atoms with van der Waals surface area (Å²) in [6.07, 6.45) is 1.78. The van der Waals surface area contributed by atoms with Crippen molar-refractivity contribution in [3.8, 4) is 17.2 Å². The Morgan fingerprint density at radius 2 is 1.67 bits per heavy atom. The van der Waals surface area contributed by atoms with Crippen molar-refractivity contribution < 1.29 is 33.3 Å². The third-order valence-electron chi connectivity index (χ3n) is 7.12. The molecule has 0 fully saturated rings. The van der Waals surface area contributed by atoms with Crippen LogP contribution in [0.3, 0.4) is 0 Å². The first kappa shape index (κ1) is 32.2. The number of ether oxygens (including phenoxy) is 5. The van der Waals surface area contributed by atoms with Gasteiger partial charge in [0.25, 0.3) is 5.56 Å². The van der Waals surface area contributed by atoms with Crippen LogP contribution < -0.4 is 29.1 Å². The van der Waals surface area contributed by atoms with Crippen LogP contribution in [0, 0.1) is 0 Å². The molecule has 1 atom stereocenters. The Bertz CT molecular complexity index is 1940. The van der Waals surface area contributed by atoms with Crippen LogP contribution in [0.1, 0.15) is 43.5 Å². The highest BCUT2D eigenvalue weighted by Gasteiger charge is 2.34. The van der Waals surface area contributed by atoms with Crippen molar-refractivity contribution in [2.75, 3.05) is 26.9 Å². The first-order chi connectivity index (χ1) is 22.3. The highest BCUT2D eigenvalue weighted by molar-refractivity contribution is 7.07. The van der Waals surface area contributed by atoms with Crippen LogP contribution in [0.15, 0.2) is 93.9 Å². The van der Waals surface area contributed by atoms with E-state index in [0.717, 1.165) is 11.1 Å². The molecular formula is C35H34N2O8S. The average molecular weight is 643 g/mol. The number of methoxy groups -OCH3 is 1. The van der Waals surface area contributed by atoms with E-state index in [0.29, 0.717) is 51.1 Å². The molecule has 0 bridgehead atoms. The fraction of sp³-hybridized carbons (Fsp3) is 0.257. The van der Waals surface area contributed by atoms with Crippen molar-refractivity contribution in [1.29, 1.82) is 0 Å². The number of nitrogens with zero attached hydrogens (tertiary/aromatic N) is 2. The minimum absolute atomic E-state index is 0.150. The second-order valence-electron chi connectivity index (χ2n) is 10.1. The molecule has 1 aromatic heterocycles. The summed E-state index contributed by atoms with van der Waals surface area (Å²) in [5.74, 6) is 0.156. The van der Waals surface area contributed by atoms with Crippen LogP contribution in [-0.2, 0) is 25.7 Å². The number of rotatable bonds is 12. The SMILES string of the molecule is CCOC(=O)C1=C(C)N=c2s/c(=C/c3ccccc3OCc3ccccc3)c(=O)n2[C@@H]1c1ccc(OCC(=O)OC)c(OCC)c1. The van der Waals surface area contributed by atoms with E-state index in [4.69, 9.17) is 18.9 Å². The summed E-state index contributed by atoms with van der Waals surface area (Å²) in [6, 6.07) is 21.5. The monoisotopic (exact) mass is 642 g/mol. The number of hydrogen-bond donors (Lipinski definition) is 0. The molecule has 0 N–H and O–H groups in total. The van der Waals surface area contributed by atoms with Crippen LogP contribution >= 0.6 is 11.3 Å². The van der Waals surface area contributed by atoms with Crippen LogP contribution in [-0.4, -0.2) is 43.4 Å². The number of hydrogen-bond acceptors (Lipinski definition) is 10. The first-order valence-electron chi connectivity index (χ1n) is 14.8. The van der Waals surface area contributed by atoms with Gasteiger partial charge in [-0.25, -0.2) is 14.6 Å². The van der Waals surface area contributed by atoms with Gasteiger partial charge in [-0.1, -0.05) is 65.9 Å². The van der Waals surface area contributed by atoms with Crippen LogP contribution in [0.5, 0.6) is 17.2 Å². The number of carbonyl (C=O) groups is 2. The molecule has 0 spiro atoms. The van der Waals surface area contributed by atoms with Gasteiger partial charge in [-0.3, -0.25) is 9.36 Å². The van der Waals surface area contributed by atoms with E-state index in [9.17, 15) is 14.4 Å². The zero-order valence-electron chi connectivity index (χ0n) is 26.0. The zero-order chi connectivity index (χ0) is 32.6. The number of carbonyl (C=O) groups excluding carboxylic acids is 2. The summed E-state index contributed by atoms with van der Waals surface area (Å²) in [7, 11) is 1.27. The van der Waals surface area contributed by atoms with E-state index < -0.39 is 18.0 Å². The van der Waals surface area contributed by atoms with E-state index >= 15 is 0 Å². The van der Waals surface area contributed by atoms with Gasteiger partial charge in [-0.15, -0.1) is 0 Å². The van der Waals surface area contributed by atoms with Crippen molar-refractivity contribution >= 4 is 29.4 Å². The predicted octanol–water partition coefficient (Wildman–Crippen LogP) is 4.33. The Morgan fingerprint density at radius 1 is 0.913 bits per heavy atom. The largest absolute Gasteiger partial charge is 0.490 e. The van der Waals surface area contributed by atoms with Gasteiger partial charge in [0.1, 0.15) is 12.4 Å². The van der Waals surface area contributed by atoms with Crippen LogP contribution in [0.4, 0.5) is 0 Å². The summed E-state index contributed by atoms with van der Waals surface area (Å²) in [6.45, 7) is 5.78. The lowest BCUT2D eigenvalue weighted by Crippen LogP contribution is -2.40. The fourth-order valence-electron chi connectivity index (χ4n) is 4.99. The standard InChI is InChI=1S/C35H34N2O8S/c1-5-42-28-18-25(16-17-27(28)45-21-30(38)41-4)32-31(34(40)43-6-2)22(3)36-35-37(32)33(39)29(46-35)19-24-14-10-11-15-26(24)44-20-23-12-8-7-9-13-23/h7-19,32H,5-6,20-21H2,1-4H3/b29-19+/t32-/m1/s1. The Balaban J connectivity index is 1.61. The quantitative estimate of drug-likeness (QED) is 0.210. The lowest BCUT2D eigenvalue weighted by Gasteiger charge is -2.25. The maximum Gasteiger partial charge on any atom is 0.343 e. The molecule has 0 aliphatic carbocycles. The molecule has 3 aromatic carbocycles. The van der Waals surface area contributed by atoms with Gasteiger partial charge in [0, 0.05) is 5.56 Å². The molecular weight excluding hydrogens is 608 g/mol. The number of aromatic nitrogens is 1. The molecule has 1 aliphatic heterocycles. The minimum Gasteiger partial charge on any atom is -0.490 e. The van der Waals surface area contributed by atoms with E-state index in [-0.39, 0.29) is 24.3 Å². The van der Waals surface area contributed by atoms with Gasteiger partial charge < -0.3 is 23.7 Å². The molecule has 10 nitrogen and oxygen atoms in total. The molecule has 238 valence electrons. The number of para-hydroxylation sites is 1. The van der Waals surface area contributed by atoms with Crippen molar-refractivity contribution in [2.24, 2.45) is 4.99 Å². The van der Waals surface area contributed by atoms with Crippen molar-refractivity contribution in [2.45, 2.75) is 33.4 Å². The third kappa shape index (κ3) is 7.05. The number of allylic oxidation sites excluding steroid dienone is 1. The highest BCUT2D eigenvalue weighted by atomic mass is 32.1. The molecule has 5 rings (SSSR count). The molecule has 2 heterocycles. The Kier molecular flexibility index (Phi) is 10.3. The molecule has 0 unspecified atom stereocenters. The molecule has 0 saturated carbocycles. The van der Waals surface area contributed by atoms with Gasteiger partial charge in [-0.05, 0) is 56.2 Å². The van der Waals surface area contributed by atoms with E-state index in [1.54, 1.807) is 38.1 Å². The maximum atomic E-state index is 14.2. The third-order valence-corrected chi connectivity index (χ3v) is 8.10. The van der Waals surface area contributed by atoms with Gasteiger partial charge >= 0.3 is 11.9 Å². The molecule has 11 heteroatoms. The predicted molar refractivity (Wildman–Crippen MR) is 173 cm³/mol. The van der Waals surface area contributed by atoms with Crippen molar-refractivity contribution in [3.63, 3.8) is 0 Å². The van der Waals surface area contributed by atoms with Crippen molar-refractivity contribution in [1.82, 2.24) is 4.57 Å². The van der Waals surface area contributed by atoms with Gasteiger partial charge in [0.05, 0.1) is 42.2 Å². The van der Waals surface area contributed by atoms with E-state index in [2.05, 4.69) is 9.73 Å². The summed E-state index contributed by atoms with van der Waals surface area (Å²) < 4.78 is 29.6. The van der Waals surface area contributed by atoms with Crippen molar-refractivity contribution in [3.05, 3.63) is 120 Å². The fourth-order valence-corrected chi connectivity index (χ4v) is 6.03. The molecule has 46 heavy (non-hydrogen) atoms. The van der Waals surface area contributed by atoms with E-state index in [1.807, 2.05) is 61.5 Å². The second kappa shape index (κ2) is 14.7. The first-order valence-corrected chi connectivity index (χ1v) is 15.6. The Hall–Kier alpha value is -5.16.